The predicted molar refractivity (Wildman–Crippen MR) is 90.2 cm³/mol. The largest absolute Gasteiger partial charge is 0.371 e. The van der Waals surface area contributed by atoms with Crippen LogP contribution in [-0.2, 0) is 4.74 Å². The molecule has 1 atom stereocenters. The van der Waals surface area contributed by atoms with Crippen LogP contribution >= 0.6 is 22.6 Å². The summed E-state index contributed by atoms with van der Waals surface area (Å²) in [5.41, 5.74) is 1.22. The molecule has 0 aromatic carbocycles. The van der Waals surface area contributed by atoms with E-state index in [-0.39, 0.29) is 6.10 Å². The molecular weight excluding hydrogens is 365 g/mol. The number of halogens is 1. The highest BCUT2D eigenvalue weighted by atomic mass is 127. The van der Waals surface area contributed by atoms with Crippen LogP contribution in [0.5, 0.6) is 0 Å². The first kappa shape index (κ1) is 15.9. The molecule has 1 N–H and O–H groups in total. The zero-order chi connectivity index (χ0) is 14.5. The second kappa shape index (κ2) is 7.54. The number of hydrogen-bond acceptors (Lipinski definition) is 4. The quantitative estimate of drug-likeness (QED) is 0.675. The van der Waals surface area contributed by atoms with E-state index in [0.717, 1.165) is 31.0 Å². The van der Waals surface area contributed by atoms with E-state index in [1.165, 1.54) is 22.1 Å². The van der Waals surface area contributed by atoms with Crippen LogP contribution in [0.25, 0.3) is 0 Å². The Balaban J connectivity index is 2.32. The van der Waals surface area contributed by atoms with Crippen LogP contribution in [0.3, 0.4) is 0 Å². The summed E-state index contributed by atoms with van der Waals surface area (Å²) in [5.74, 6) is 2.46. The zero-order valence-electron chi connectivity index (χ0n) is 12.6. The minimum absolute atomic E-state index is 0.0108. The number of rotatable bonds is 8. The average molecular weight is 389 g/mol. The van der Waals surface area contributed by atoms with Crippen molar-refractivity contribution in [2.24, 2.45) is 0 Å². The lowest BCUT2D eigenvalue weighted by molar-refractivity contribution is 0.0534. The van der Waals surface area contributed by atoms with Crippen molar-refractivity contribution in [1.29, 1.82) is 0 Å². The molecular formula is C15H24IN3O. The highest BCUT2D eigenvalue weighted by Crippen LogP contribution is 2.42. The molecule has 1 aliphatic carbocycles. The van der Waals surface area contributed by atoms with Crippen molar-refractivity contribution in [2.45, 2.75) is 58.5 Å². The molecule has 1 heterocycles. The van der Waals surface area contributed by atoms with Gasteiger partial charge in [-0.25, -0.2) is 9.97 Å². The van der Waals surface area contributed by atoms with Gasteiger partial charge < -0.3 is 10.1 Å². The van der Waals surface area contributed by atoms with Gasteiger partial charge in [0.05, 0.1) is 9.26 Å². The van der Waals surface area contributed by atoms with E-state index in [0.29, 0.717) is 12.5 Å². The maximum atomic E-state index is 5.78. The van der Waals surface area contributed by atoms with Crippen LogP contribution in [-0.4, -0.2) is 23.1 Å². The van der Waals surface area contributed by atoms with Gasteiger partial charge >= 0.3 is 0 Å². The Morgan fingerprint density at radius 1 is 1.30 bits per heavy atom. The highest BCUT2D eigenvalue weighted by Gasteiger charge is 2.30. The maximum Gasteiger partial charge on any atom is 0.159 e. The monoisotopic (exact) mass is 389 g/mol. The van der Waals surface area contributed by atoms with Gasteiger partial charge in [-0.1, -0.05) is 13.8 Å². The van der Waals surface area contributed by atoms with Crippen molar-refractivity contribution >= 4 is 28.4 Å². The minimum Gasteiger partial charge on any atom is -0.371 e. The highest BCUT2D eigenvalue weighted by molar-refractivity contribution is 14.1. The third-order valence-corrected chi connectivity index (χ3v) is 4.49. The van der Waals surface area contributed by atoms with E-state index in [2.05, 4.69) is 41.8 Å². The van der Waals surface area contributed by atoms with Crippen molar-refractivity contribution in [1.82, 2.24) is 9.97 Å². The first-order valence-electron chi connectivity index (χ1n) is 7.63. The lowest BCUT2D eigenvalue weighted by atomic mass is 10.2. The Morgan fingerprint density at radius 3 is 2.60 bits per heavy atom. The van der Waals surface area contributed by atoms with Crippen molar-refractivity contribution in [3.8, 4) is 0 Å². The number of anilines is 1. The fourth-order valence-electron chi connectivity index (χ4n) is 2.19. The van der Waals surface area contributed by atoms with Gasteiger partial charge in [0.2, 0.25) is 0 Å². The molecule has 1 aromatic heterocycles. The molecule has 20 heavy (non-hydrogen) atoms. The summed E-state index contributed by atoms with van der Waals surface area (Å²) in [5, 5.41) is 3.43. The summed E-state index contributed by atoms with van der Waals surface area (Å²) < 4.78 is 6.97. The molecule has 2 rings (SSSR count). The van der Waals surface area contributed by atoms with Gasteiger partial charge in [0.25, 0.3) is 0 Å². The molecule has 5 heteroatoms. The topological polar surface area (TPSA) is 47.0 Å². The van der Waals surface area contributed by atoms with E-state index >= 15 is 0 Å². The standard InChI is InChI=1S/C15H24IN3O/c1-4-9-17-15-12(16)13(10-7-8-10)18-14(19-15)11(5-2)20-6-3/h10-11H,4-9H2,1-3H3,(H,17,18,19). The molecule has 0 bridgehead atoms. The minimum atomic E-state index is 0.0108. The van der Waals surface area contributed by atoms with Gasteiger partial charge in [-0.3, -0.25) is 0 Å². The molecule has 1 aromatic rings. The van der Waals surface area contributed by atoms with Crippen LogP contribution in [0.1, 0.15) is 70.0 Å². The van der Waals surface area contributed by atoms with Crippen LogP contribution in [0.15, 0.2) is 0 Å². The van der Waals surface area contributed by atoms with Crippen LogP contribution in [0.4, 0.5) is 5.82 Å². The zero-order valence-corrected chi connectivity index (χ0v) is 14.7. The Hall–Kier alpha value is -0.430. The molecule has 0 saturated heterocycles. The van der Waals surface area contributed by atoms with Gasteiger partial charge in [-0.05, 0) is 55.2 Å². The van der Waals surface area contributed by atoms with Crippen molar-refractivity contribution < 1.29 is 4.74 Å². The first-order chi connectivity index (χ1) is 9.71. The fourth-order valence-corrected chi connectivity index (χ4v) is 3.06. The number of nitrogens with one attached hydrogen (secondary N) is 1. The van der Waals surface area contributed by atoms with E-state index in [9.17, 15) is 0 Å². The molecule has 1 unspecified atom stereocenters. The van der Waals surface area contributed by atoms with Crippen LogP contribution in [0.2, 0.25) is 0 Å². The molecule has 112 valence electrons. The molecule has 0 amide bonds. The molecule has 0 aliphatic heterocycles. The number of hydrogen-bond donors (Lipinski definition) is 1. The van der Waals surface area contributed by atoms with Crippen LogP contribution < -0.4 is 5.32 Å². The smallest absolute Gasteiger partial charge is 0.159 e. The summed E-state index contributed by atoms with van der Waals surface area (Å²) in [6, 6.07) is 0. The molecule has 4 nitrogen and oxygen atoms in total. The second-order valence-corrected chi connectivity index (χ2v) is 6.26. The summed E-state index contributed by atoms with van der Waals surface area (Å²) in [4.78, 5) is 9.52. The Kier molecular flexibility index (Phi) is 6.01. The van der Waals surface area contributed by atoms with E-state index in [4.69, 9.17) is 14.7 Å². The lowest BCUT2D eigenvalue weighted by Crippen LogP contribution is -2.14. The number of nitrogens with zero attached hydrogens (tertiary/aromatic N) is 2. The molecule has 1 aliphatic rings. The molecule has 0 spiro atoms. The van der Waals surface area contributed by atoms with Crippen LogP contribution in [0, 0.1) is 3.57 Å². The Bertz CT molecular complexity index is 449. The normalized spacial score (nSPS) is 16.2. The third-order valence-electron chi connectivity index (χ3n) is 3.43. The predicted octanol–water partition coefficient (Wildman–Crippen LogP) is 4.27. The van der Waals surface area contributed by atoms with Gasteiger partial charge in [0.1, 0.15) is 11.9 Å². The van der Waals surface area contributed by atoms with Gasteiger partial charge in [0, 0.05) is 19.1 Å². The summed E-state index contributed by atoms with van der Waals surface area (Å²) in [6.07, 6.45) is 4.52. The van der Waals surface area contributed by atoms with Crippen molar-refractivity contribution in [3.05, 3.63) is 15.1 Å². The molecule has 0 radical (unpaired) electrons. The van der Waals surface area contributed by atoms with Gasteiger partial charge in [-0.2, -0.15) is 0 Å². The van der Waals surface area contributed by atoms with E-state index in [1.54, 1.807) is 0 Å². The fraction of sp³-hybridized carbons (Fsp3) is 0.733. The van der Waals surface area contributed by atoms with Gasteiger partial charge in [-0.15, -0.1) is 0 Å². The second-order valence-electron chi connectivity index (χ2n) is 5.18. The maximum absolute atomic E-state index is 5.78. The summed E-state index contributed by atoms with van der Waals surface area (Å²) in [7, 11) is 0. The van der Waals surface area contributed by atoms with Crippen molar-refractivity contribution in [2.75, 3.05) is 18.5 Å². The third kappa shape index (κ3) is 3.81. The van der Waals surface area contributed by atoms with E-state index in [1.807, 2.05) is 6.92 Å². The Morgan fingerprint density at radius 2 is 2.05 bits per heavy atom. The summed E-state index contributed by atoms with van der Waals surface area (Å²) in [6.45, 7) is 7.95. The van der Waals surface area contributed by atoms with Crippen molar-refractivity contribution in [3.63, 3.8) is 0 Å². The SMILES string of the molecule is CCCNc1nc(C(CC)OCC)nc(C2CC2)c1I. The van der Waals surface area contributed by atoms with Gasteiger partial charge in [0.15, 0.2) is 5.82 Å². The number of aromatic nitrogens is 2. The average Bonchev–Trinajstić information content (AvgIpc) is 3.28. The van der Waals surface area contributed by atoms with E-state index < -0.39 is 0 Å². The molecule has 1 saturated carbocycles. The molecule has 1 fully saturated rings. The first-order valence-corrected chi connectivity index (χ1v) is 8.71. The lowest BCUT2D eigenvalue weighted by Gasteiger charge is -2.18. The Labute approximate surface area is 135 Å². The number of ether oxygens (including phenoxy) is 1. The summed E-state index contributed by atoms with van der Waals surface area (Å²) >= 11 is 2.38.